The molecule has 0 saturated heterocycles. The molecular formula is C30H24N4O2. The van der Waals surface area contributed by atoms with Crippen LogP contribution in [0, 0.1) is 12.3 Å². The van der Waals surface area contributed by atoms with Gasteiger partial charge in [0.2, 0.25) is 5.82 Å². The smallest absolute Gasteiger partial charge is 0.293 e. The van der Waals surface area contributed by atoms with Crippen LogP contribution >= 0.6 is 0 Å². The van der Waals surface area contributed by atoms with Crippen molar-refractivity contribution in [3.05, 3.63) is 90.4 Å². The van der Waals surface area contributed by atoms with Gasteiger partial charge in [0.15, 0.2) is 0 Å². The zero-order chi connectivity index (χ0) is 25.1. The van der Waals surface area contributed by atoms with E-state index in [9.17, 15) is 4.79 Å². The van der Waals surface area contributed by atoms with Crippen molar-refractivity contribution in [2.45, 2.75) is 19.8 Å². The Labute approximate surface area is 209 Å². The SMILES string of the molecule is C#CCOc1ccc2nc(C(=O)Nc3ccc4ncccc4c3)nc(-c3ccc(C(C)C)cc3)c2c1. The van der Waals surface area contributed by atoms with Crippen LogP contribution in [0.15, 0.2) is 79.0 Å². The van der Waals surface area contributed by atoms with Crippen molar-refractivity contribution in [2.75, 3.05) is 11.9 Å². The maximum Gasteiger partial charge on any atom is 0.293 e. The Bertz CT molecular complexity index is 1620. The van der Waals surface area contributed by atoms with Crippen LogP contribution in [-0.4, -0.2) is 27.5 Å². The second-order valence-corrected chi connectivity index (χ2v) is 8.71. The number of rotatable bonds is 6. The van der Waals surface area contributed by atoms with Gasteiger partial charge in [-0.15, -0.1) is 6.42 Å². The lowest BCUT2D eigenvalue weighted by atomic mass is 9.99. The third kappa shape index (κ3) is 4.73. The molecule has 0 aliphatic heterocycles. The molecule has 6 heteroatoms. The molecule has 1 amide bonds. The van der Waals surface area contributed by atoms with Crippen LogP contribution in [0.5, 0.6) is 5.75 Å². The number of hydrogen-bond acceptors (Lipinski definition) is 5. The number of aromatic nitrogens is 3. The van der Waals surface area contributed by atoms with Crippen molar-refractivity contribution in [1.29, 1.82) is 0 Å². The summed E-state index contributed by atoms with van der Waals surface area (Å²) >= 11 is 0. The van der Waals surface area contributed by atoms with E-state index in [2.05, 4.69) is 47.2 Å². The first-order valence-corrected chi connectivity index (χ1v) is 11.7. The maximum absolute atomic E-state index is 13.2. The minimum Gasteiger partial charge on any atom is -0.481 e. The summed E-state index contributed by atoms with van der Waals surface area (Å²) in [5.74, 6) is 3.18. The zero-order valence-electron chi connectivity index (χ0n) is 20.0. The zero-order valence-corrected chi connectivity index (χ0v) is 20.0. The normalized spacial score (nSPS) is 10.9. The molecule has 2 heterocycles. The van der Waals surface area contributed by atoms with E-state index in [0.29, 0.717) is 28.6 Å². The van der Waals surface area contributed by atoms with E-state index < -0.39 is 5.91 Å². The van der Waals surface area contributed by atoms with Gasteiger partial charge in [-0.25, -0.2) is 9.97 Å². The van der Waals surface area contributed by atoms with Crippen molar-refractivity contribution in [3.8, 4) is 29.4 Å². The largest absolute Gasteiger partial charge is 0.481 e. The molecule has 0 unspecified atom stereocenters. The number of hydrogen-bond donors (Lipinski definition) is 1. The number of amides is 1. The van der Waals surface area contributed by atoms with E-state index >= 15 is 0 Å². The summed E-state index contributed by atoms with van der Waals surface area (Å²) < 4.78 is 5.62. The summed E-state index contributed by atoms with van der Waals surface area (Å²) in [4.78, 5) is 26.8. The number of carbonyl (C=O) groups excluding carboxylic acids is 1. The molecule has 0 saturated carbocycles. The van der Waals surface area contributed by atoms with Crippen LogP contribution in [0.25, 0.3) is 33.1 Å². The minimum absolute atomic E-state index is 0.0778. The summed E-state index contributed by atoms with van der Waals surface area (Å²) in [6.45, 7) is 4.46. The number of carbonyl (C=O) groups is 1. The van der Waals surface area contributed by atoms with Crippen molar-refractivity contribution in [3.63, 3.8) is 0 Å². The number of terminal acetylenes is 1. The van der Waals surface area contributed by atoms with Crippen LogP contribution < -0.4 is 10.1 Å². The third-order valence-electron chi connectivity index (χ3n) is 5.90. The van der Waals surface area contributed by atoms with Crippen molar-refractivity contribution < 1.29 is 9.53 Å². The van der Waals surface area contributed by atoms with Crippen LogP contribution in [0.4, 0.5) is 5.69 Å². The van der Waals surface area contributed by atoms with Gasteiger partial charge in [0.1, 0.15) is 12.4 Å². The molecule has 0 aliphatic carbocycles. The van der Waals surface area contributed by atoms with Gasteiger partial charge >= 0.3 is 0 Å². The quantitative estimate of drug-likeness (QED) is 0.296. The van der Waals surface area contributed by atoms with Gasteiger partial charge in [-0.3, -0.25) is 9.78 Å². The van der Waals surface area contributed by atoms with E-state index in [1.54, 1.807) is 12.3 Å². The molecule has 3 aromatic carbocycles. The number of fused-ring (bicyclic) bond motifs is 2. The van der Waals surface area contributed by atoms with Crippen molar-refractivity contribution in [1.82, 2.24) is 15.0 Å². The predicted octanol–water partition coefficient (Wildman–Crippen LogP) is 6.23. The van der Waals surface area contributed by atoms with Gasteiger partial charge in [0.25, 0.3) is 5.91 Å². The Hall–Kier alpha value is -4.76. The van der Waals surface area contributed by atoms with E-state index in [-0.39, 0.29) is 12.4 Å². The number of ether oxygens (including phenoxy) is 1. The van der Waals surface area contributed by atoms with Crippen molar-refractivity contribution >= 4 is 33.4 Å². The summed E-state index contributed by atoms with van der Waals surface area (Å²) in [7, 11) is 0. The highest BCUT2D eigenvalue weighted by Crippen LogP contribution is 2.30. The topological polar surface area (TPSA) is 77.0 Å². The van der Waals surface area contributed by atoms with Gasteiger partial charge in [-0.05, 0) is 53.9 Å². The Morgan fingerprint density at radius 1 is 1.00 bits per heavy atom. The van der Waals surface area contributed by atoms with E-state index in [4.69, 9.17) is 16.1 Å². The monoisotopic (exact) mass is 472 g/mol. The minimum atomic E-state index is -0.396. The molecule has 36 heavy (non-hydrogen) atoms. The molecule has 0 radical (unpaired) electrons. The molecule has 0 atom stereocenters. The lowest BCUT2D eigenvalue weighted by Crippen LogP contribution is -2.16. The lowest BCUT2D eigenvalue weighted by Gasteiger charge is -2.12. The molecule has 6 nitrogen and oxygen atoms in total. The predicted molar refractivity (Wildman–Crippen MR) is 143 cm³/mol. The summed E-state index contributed by atoms with van der Waals surface area (Å²) in [6.07, 6.45) is 7.09. The molecule has 1 N–H and O–H groups in total. The van der Waals surface area contributed by atoms with Crippen LogP contribution in [-0.2, 0) is 0 Å². The molecule has 0 bridgehead atoms. The fourth-order valence-corrected chi connectivity index (χ4v) is 4.01. The van der Waals surface area contributed by atoms with Gasteiger partial charge in [0.05, 0.1) is 16.7 Å². The Kier molecular flexibility index (Phi) is 6.29. The lowest BCUT2D eigenvalue weighted by molar-refractivity contribution is 0.101. The van der Waals surface area contributed by atoms with Gasteiger partial charge < -0.3 is 10.1 Å². The Morgan fingerprint density at radius 3 is 2.58 bits per heavy atom. The van der Waals surface area contributed by atoms with Gasteiger partial charge in [-0.2, -0.15) is 0 Å². The average Bonchev–Trinajstić information content (AvgIpc) is 2.91. The number of anilines is 1. The number of pyridine rings is 1. The molecule has 0 fully saturated rings. The van der Waals surface area contributed by atoms with Crippen molar-refractivity contribution in [2.24, 2.45) is 0 Å². The number of nitrogens with zero attached hydrogens (tertiary/aromatic N) is 3. The molecule has 2 aromatic heterocycles. The Morgan fingerprint density at radius 2 is 1.81 bits per heavy atom. The van der Waals surface area contributed by atoms with E-state index in [0.717, 1.165) is 21.9 Å². The second kappa shape index (κ2) is 9.85. The Balaban J connectivity index is 1.56. The first-order chi connectivity index (χ1) is 17.5. The first kappa shape index (κ1) is 23.0. The van der Waals surface area contributed by atoms with E-state index in [1.807, 2.05) is 54.6 Å². The molecular weight excluding hydrogens is 448 g/mol. The van der Waals surface area contributed by atoms with Crippen LogP contribution in [0.1, 0.15) is 35.9 Å². The molecule has 5 aromatic rings. The third-order valence-corrected chi connectivity index (χ3v) is 5.90. The molecule has 5 rings (SSSR count). The van der Waals surface area contributed by atoms with Gasteiger partial charge in [0, 0.05) is 28.2 Å². The average molecular weight is 473 g/mol. The summed E-state index contributed by atoms with van der Waals surface area (Å²) in [5, 5.41) is 4.62. The molecule has 176 valence electrons. The van der Waals surface area contributed by atoms with Crippen LogP contribution in [0.2, 0.25) is 0 Å². The fraction of sp³-hybridized carbons (Fsp3) is 0.133. The highest BCUT2D eigenvalue weighted by molar-refractivity contribution is 6.05. The summed E-state index contributed by atoms with van der Waals surface area (Å²) in [6, 6.07) is 23.0. The summed E-state index contributed by atoms with van der Waals surface area (Å²) in [5.41, 5.74) is 4.88. The fourth-order valence-electron chi connectivity index (χ4n) is 4.01. The maximum atomic E-state index is 13.2. The highest BCUT2D eigenvalue weighted by atomic mass is 16.5. The molecule has 0 aliphatic rings. The van der Waals surface area contributed by atoms with E-state index in [1.165, 1.54) is 5.56 Å². The standard InChI is InChI=1S/C30H24N4O2/c1-4-16-36-24-12-14-27-25(18-24)28(21-9-7-20(8-10-21)19(2)3)34-29(33-27)30(35)32-23-11-13-26-22(17-23)6-5-15-31-26/h1,5-15,17-19H,16H2,2-3H3,(H,32,35). The molecule has 0 spiro atoms. The second-order valence-electron chi connectivity index (χ2n) is 8.71. The van der Waals surface area contributed by atoms with Gasteiger partial charge in [-0.1, -0.05) is 50.1 Å². The number of nitrogens with one attached hydrogen (secondary N) is 1. The van der Waals surface area contributed by atoms with Crippen LogP contribution in [0.3, 0.4) is 0 Å². The first-order valence-electron chi connectivity index (χ1n) is 11.7. The number of benzene rings is 3. The highest BCUT2D eigenvalue weighted by Gasteiger charge is 2.17.